The SMILES string of the molecule is CCc1nc(NC(=O)NC(C)(C)C(=O)O)sc1C. The first kappa shape index (κ1) is 14.4. The molecule has 0 aliphatic rings. The smallest absolute Gasteiger partial charge is 0.328 e. The maximum atomic E-state index is 11.6. The van der Waals surface area contributed by atoms with Crippen LogP contribution in [0.25, 0.3) is 0 Å². The Morgan fingerprint density at radius 2 is 2.06 bits per heavy atom. The molecular formula is C11H17N3O3S. The first-order valence-electron chi connectivity index (χ1n) is 5.55. The number of carbonyl (C=O) groups excluding carboxylic acids is 1. The number of urea groups is 1. The summed E-state index contributed by atoms with van der Waals surface area (Å²) in [5.74, 6) is -1.10. The van der Waals surface area contributed by atoms with Gasteiger partial charge in [0, 0.05) is 4.88 Å². The molecule has 0 saturated heterocycles. The number of aromatic nitrogens is 1. The summed E-state index contributed by atoms with van der Waals surface area (Å²) >= 11 is 1.37. The summed E-state index contributed by atoms with van der Waals surface area (Å²) in [4.78, 5) is 27.8. The average Bonchev–Trinajstić information content (AvgIpc) is 2.57. The number of amides is 2. The van der Waals surface area contributed by atoms with Gasteiger partial charge in [-0.05, 0) is 27.2 Å². The van der Waals surface area contributed by atoms with E-state index in [9.17, 15) is 9.59 Å². The Balaban J connectivity index is 2.67. The molecule has 0 aliphatic heterocycles. The zero-order valence-corrected chi connectivity index (χ0v) is 11.6. The van der Waals surface area contributed by atoms with Gasteiger partial charge in [0.2, 0.25) is 0 Å². The zero-order chi connectivity index (χ0) is 13.9. The lowest BCUT2D eigenvalue weighted by Gasteiger charge is -2.20. The molecule has 100 valence electrons. The van der Waals surface area contributed by atoms with Crippen LogP contribution in [0.4, 0.5) is 9.93 Å². The van der Waals surface area contributed by atoms with Crippen molar-refractivity contribution < 1.29 is 14.7 Å². The van der Waals surface area contributed by atoms with Gasteiger partial charge in [0.25, 0.3) is 0 Å². The number of thiazole rings is 1. The molecule has 0 unspecified atom stereocenters. The lowest BCUT2D eigenvalue weighted by Crippen LogP contribution is -2.51. The Morgan fingerprint density at radius 1 is 1.44 bits per heavy atom. The van der Waals surface area contributed by atoms with Crippen molar-refractivity contribution in [3.05, 3.63) is 10.6 Å². The number of aliphatic carboxylic acids is 1. The van der Waals surface area contributed by atoms with Crippen LogP contribution < -0.4 is 10.6 Å². The van der Waals surface area contributed by atoms with Crippen molar-refractivity contribution in [2.45, 2.75) is 39.7 Å². The summed E-state index contributed by atoms with van der Waals surface area (Å²) in [5.41, 5.74) is -0.378. The summed E-state index contributed by atoms with van der Waals surface area (Å²) in [6.07, 6.45) is 0.798. The Morgan fingerprint density at radius 3 is 2.50 bits per heavy atom. The molecule has 0 bridgehead atoms. The van der Waals surface area contributed by atoms with Crippen LogP contribution in [0, 0.1) is 6.92 Å². The number of carboxylic acid groups (broad SMARTS) is 1. The van der Waals surface area contributed by atoms with Crippen LogP contribution >= 0.6 is 11.3 Å². The lowest BCUT2D eigenvalue weighted by atomic mass is 10.1. The molecule has 1 aromatic rings. The summed E-state index contributed by atoms with van der Waals surface area (Å²) in [7, 11) is 0. The summed E-state index contributed by atoms with van der Waals surface area (Å²) < 4.78 is 0. The third-order valence-electron chi connectivity index (χ3n) is 2.41. The van der Waals surface area contributed by atoms with E-state index >= 15 is 0 Å². The zero-order valence-electron chi connectivity index (χ0n) is 10.8. The summed E-state index contributed by atoms with van der Waals surface area (Å²) in [6.45, 7) is 6.75. The van der Waals surface area contributed by atoms with Gasteiger partial charge in [-0.1, -0.05) is 6.92 Å². The molecule has 0 spiro atoms. The van der Waals surface area contributed by atoms with Crippen LogP contribution in [0.1, 0.15) is 31.3 Å². The maximum Gasteiger partial charge on any atom is 0.328 e. The van der Waals surface area contributed by atoms with E-state index in [1.54, 1.807) is 0 Å². The first-order chi connectivity index (χ1) is 8.26. The Kier molecular flexibility index (Phi) is 4.28. The minimum atomic E-state index is -1.32. The number of nitrogens with zero attached hydrogens (tertiary/aromatic N) is 1. The molecule has 7 heteroatoms. The van der Waals surface area contributed by atoms with Crippen LogP contribution in [0.3, 0.4) is 0 Å². The van der Waals surface area contributed by atoms with Gasteiger partial charge in [0.15, 0.2) is 5.13 Å². The van der Waals surface area contributed by atoms with Crippen LogP contribution in [-0.2, 0) is 11.2 Å². The molecule has 0 aliphatic carbocycles. The number of hydrogen-bond donors (Lipinski definition) is 3. The van der Waals surface area contributed by atoms with Gasteiger partial charge in [-0.2, -0.15) is 0 Å². The molecule has 2 amide bonds. The molecule has 0 atom stereocenters. The number of anilines is 1. The fourth-order valence-electron chi connectivity index (χ4n) is 1.28. The second-order valence-electron chi connectivity index (χ2n) is 4.38. The van der Waals surface area contributed by atoms with Crippen LogP contribution in [0.15, 0.2) is 0 Å². The predicted octanol–water partition coefficient (Wildman–Crippen LogP) is 2.00. The highest BCUT2D eigenvalue weighted by atomic mass is 32.1. The van der Waals surface area contributed by atoms with E-state index in [-0.39, 0.29) is 0 Å². The highest BCUT2D eigenvalue weighted by Gasteiger charge is 2.29. The fraction of sp³-hybridized carbons (Fsp3) is 0.545. The van der Waals surface area contributed by atoms with Gasteiger partial charge in [0.1, 0.15) is 5.54 Å². The molecule has 1 aromatic heterocycles. The fourth-order valence-corrected chi connectivity index (χ4v) is 2.17. The van der Waals surface area contributed by atoms with Crippen molar-refractivity contribution in [3.8, 4) is 0 Å². The third-order valence-corrected chi connectivity index (χ3v) is 3.34. The second kappa shape index (κ2) is 5.34. The lowest BCUT2D eigenvalue weighted by molar-refractivity contribution is -0.142. The van der Waals surface area contributed by atoms with E-state index < -0.39 is 17.5 Å². The van der Waals surface area contributed by atoms with Crippen molar-refractivity contribution >= 4 is 28.5 Å². The second-order valence-corrected chi connectivity index (χ2v) is 5.59. The van der Waals surface area contributed by atoms with Gasteiger partial charge in [-0.25, -0.2) is 14.6 Å². The van der Waals surface area contributed by atoms with E-state index in [4.69, 9.17) is 5.11 Å². The van der Waals surface area contributed by atoms with Crippen molar-refractivity contribution in [2.24, 2.45) is 0 Å². The molecular weight excluding hydrogens is 254 g/mol. The summed E-state index contributed by atoms with van der Waals surface area (Å²) in [5, 5.41) is 14.3. The van der Waals surface area contributed by atoms with Crippen LogP contribution in [-0.4, -0.2) is 27.6 Å². The Hall–Kier alpha value is -1.63. The van der Waals surface area contributed by atoms with E-state index in [0.717, 1.165) is 17.0 Å². The van der Waals surface area contributed by atoms with Crippen molar-refractivity contribution in [2.75, 3.05) is 5.32 Å². The number of rotatable bonds is 4. The first-order valence-corrected chi connectivity index (χ1v) is 6.36. The Labute approximate surface area is 109 Å². The molecule has 0 aromatic carbocycles. The predicted molar refractivity (Wildman–Crippen MR) is 70.1 cm³/mol. The number of nitrogens with one attached hydrogen (secondary N) is 2. The number of hydrogen-bond acceptors (Lipinski definition) is 4. The van der Waals surface area contributed by atoms with E-state index in [0.29, 0.717) is 5.13 Å². The van der Waals surface area contributed by atoms with Gasteiger partial charge in [-0.3, -0.25) is 5.32 Å². The van der Waals surface area contributed by atoms with Crippen molar-refractivity contribution in [3.63, 3.8) is 0 Å². The third kappa shape index (κ3) is 3.43. The van der Waals surface area contributed by atoms with Crippen molar-refractivity contribution in [1.82, 2.24) is 10.3 Å². The van der Waals surface area contributed by atoms with Gasteiger partial charge >= 0.3 is 12.0 Å². The normalized spacial score (nSPS) is 11.1. The van der Waals surface area contributed by atoms with E-state index in [2.05, 4.69) is 15.6 Å². The molecule has 6 nitrogen and oxygen atoms in total. The topological polar surface area (TPSA) is 91.3 Å². The number of aryl methyl sites for hydroxylation is 2. The monoisotopic (exact) mass is 271 g/mol. The largest absolute Gasteiger partial charge is 0.480 e. The van der Waals surface area contributed by atoms with Gasteiger partial charge in [-0.15, -0.1) is 11.3 Å². The van der Waals surface area contributed by atoms with Crippen LogP contribution in [0.5, 0.6) is 0 Å². The highest BCUT2D eigenvalue weighted by Crippen LogP contribution is 2.22. The number of carbonyl (C=O) groups is 2. The molecule has 0 radical (unpaired) electrons. The average molecular weight is 271 g/mol. The van der Waals surface area contributed by atoms with E-state index in [1.807, 2.05) is 13.8 Å². The highest BCUT2D eigenvalue weighted by molar-refractivity contribution is 7.15. The molecule has 0 saturated carbocycles. The molecule has 18 heavy (non-hydrogen) atoms. The Bertz CT molecular complexity index is 468. The van der Waals surface area contributed by atoms with Gasteiger partial charge in [0.05, 0.1) is 5.69 Å². The minimum absolute atomic E-state index is 0.475. The van der Waals surface area contributed by atoms with Crippen molar-refractivity contribution in [1.29, 1.82) is 0 Å². The summed E-state index contributed by atoms with van der Waals surface area (Å²) in [6, 6.07) is -0.571. The number of carboxylic acids is 1. The van der Waals surface area contributed by atoms with Gasteiger partial charge < -0.3 is 10.4 Å². The standard InChI is InChI=1S/C11H17N3O3S/c1-5-7-6(2)18-10(12-7)13-9(17)14-11(3,4)8(15)16/h5H2,1-4H3,(H,15,16)(H2,12,13,14,17). The molecule has 0 fully saturated rings. The molecule has 1 heterocycles. The minimum Gasteiger partial charge on any atom is -0.480 e. The van der Waals surface area contributed by atoms with Crippen LogP contribution in [0.2, 0.25) is 0 Å². The van der Waals surface area contributed by atoms with E-state index in [1.165, 1.54) is 25.2 Å². The molecule has 1 rings (SSSR count). The quantitative estimate of drug-likeness (QED) is 0.781. The maximum absolute atomic E-state index is 11.6. The molecule has 3 N–H and O–H groups in total.